The maximum absolute atomic E-state index is 13.8. The molecule has 3 aromatic rings. The van der Waals surface area contributed by atoms with E-state index in [-0.39, 0.29) is 17.6 Å². The Bertz CT molecular complexity index is 799. The zero-order valence-electron chi connectivity index (χ0n) is 12.5. The maximum Gasteiger partial charge on any atom is 0.165 e. The molecule has 1 heterocycles. The molecule has 1 atom stereocenters. The number of nitrogens with one attached hydrogen (secondary N) is 1. The number of nitrogens with zero attached hydrogens (tertiary/aromatic N) is 1. The molecular weight excluding hydrogens is 279 g/mol. The third-order valence-electron chi connectivity index (χ3n) is 3.69. The lowest BCUT2D eigenvalue weighted by Gasteiger charge is -2.17. The van der Waals surface area contributed by atoms with Crippen molar-refractivity contribution in [1.82, 2.24) is 4.98 Å². The molecule has 3 nitrogen and oxygen atoms in total. The van der Waals surface area contributed by atoms with E-state index < -0.39 is 0 Å². The molecular formula is C18H17FN2O. The smallest absolute Gasteiger partial charge is 0.165 e. The number of hydrogen-bond acceptors (Lipinski definition) is 3. The number of benzene rings is 2. The Kier molecular flexibility index (Phi) is 3.92. The second kappa shape index (κ2) is 6.02. The monoisotopic (exact) mass is 296 g/mol. The maximum atomic E-state index is 13.8. The van der Waals surface area contributed by atoms with Crippen molar-refractivity contribution in [2.45, 2.75) is 13.0 Å². The topological polar surface area (TPSA) is 34.1 Å². The predicted octanol–water partition coefficient (Wildman–Crippen LogP) is 4.56. The van der Waals surface area contributed by atoms with E-state index in [0.717, 1.165) is 22.2 Å². The van der Waals surface area contributed by atoms with E-state index in [9.17, 15) is 4.39 Å². The van der Waals surface area contributed by atoms with Gasteiger partial charge in [-0.15, -0.1) is 0 Å². The number of anilines is 1. The van der Waals surface area contributed by atoms with Crippen LogP contribution in [-0.2, 0) is 0 Å². The molecule has 1 aromatic heterocycles. The predicted molar refractivity (Wildman–Crippen MR) is 86.7 cm³/mol. The molecule has 1 unspecified atom stereocenters. The van der Waals surface area contributed by atoms with Gasteiger partial charge in [-0.3, -0.25) is 4.98 Å². The second-order valence-corrected chi connectivity index (χ2v) is 5.14. The zero-order chi connectivity index (χ0) is 15.5. The normalized spacial score (nSPS) is 12.1. The molecule has 0 saturated heterocycles. The molecule has 112 valence electrons. The highest BCUT2D eigenvalue weighted by molar-refractivity contribution is 5.91. The van der Waals surface area contributed by atoms with Crippen molar-refractivity contribution in [2.24, 2.45) is 0 Å². The van der Waals surface area contributed by atoms with Crippen molar-refractivity contribution < 1.29 is 9.13 Å². The lowest BCUT2D eigenvalue weighted by molar-refractivity contribution is 0.386. The van der Waals surface area contributed by atoms with Crippen LogP contribution >= 0.6 is 0 Å². The van der Waals surface area contributed by atoms with Gasteiger partial charge in [-0.1, -0.05) is 12.1 Å². The van der Waals surface area contributed by atoms with Crippen LogP contribution in [0.25, 0.3) is 10.9 Å². The Hall–Kier alpha value is -2.62. The Balaban J connectivity index is 1.90. The molecule has 0 amide bonds. The lowest BCUT2D eigenvalue weighted by atomic mass is 10.1. The molecule has 0 fully saturated rings. The molecule has 0 aliphatic rings. The molecule has 0 aliphatic heterocycles. The fourth-order valence-corrected chi connectivity index (χ4v) is 2.50. The second-order valence-electron chi connectivity index (χ2n) is 5.14. The molecule has 1 N–H and O–H groups in total. The molecule has 0 bridgehead atoms. The van der Waals surface area contributed by atoms with Gasteiger partial charge in [0.1, 0.15) is 0 Å². The van der Waals surface area contributed by atoms with Gasteiger partial charge in [0.05, 0.1) is 12.6 Å². The quantitative estimate of drug-likeness (QED) is 0.766. The number of methoxy groups -OCH3 is 1. The van der Waals surface area contributed by atoms with Crippen LogP contribution in [0.4, 0.5) is 10.1 Å². The van der Waals surface area contributed by atoms with Crippen LogP contribution in [0.15, 0.2) is 54.7 Å². The van der Waals surface area contributed by atoms with Gasteiger partial charge in [0.25, 0.3) is 0 Å². The number of hydrogen-bond donors (Lipinski definition) is 1. The van der Waals surface area contributed by atoms with Gasteiger partial charge in [0.2, 0.25) is 0 Å². The van der Waals surface area contributed by atoms with E-state index in [1.54, 1.807) is 12.3 Å². The van der Waals surface area contributed by atoms with Gasteiger partial charge in [-0.25, -0.2) is 4.39 Å². The summed E-state index contributed by atoms with van der Waals surface area (Å²) in [5, 5.41) is 4.47. The van der Waals surface area contributed by atoms with E-state index in [0.29, 0.717) is 0 Å². The lowest BCUT2D eigenvalue weighted by Crippen LogP contribution is -2.07. The van der Waals surface area contributed by atoms with Crippen LogP contribution in [0.1, 0.15) is 18.5 Å². The first-order valence-electron chi connectivity index (χ1n) is 7.13. The summed E-state index contributed by atoms with van der Waals surface area (Å²) < 4.78 is 18.8. The van der Waals surface area contributed by atoms with E-state index >= 15 is 0 Å². The SMILES string of the molecule is COc1ccc(C(C)Nc2cccc3ncccc23)cc1F. The van der Waals surface area contributed by atoms with Crippen LogP contribution < -0.4 is 10.1 Å². The van der Waals surface area contributed by atoms with Crippen molar-refractivity contribution in [1.29, 1.82) is 0 Å². The number of fused-ring (bicyclic) bond motifs is 1. The Labute approximate surface area is 128 Å². The van der Waals surface area contributed by atoms with Gasteiger partial charge in [0.15, 0.2) is 11.6 Å². The summed E-state index contributed by atoms with van der Waals surface area (Å²) in [6, 6.07) is 14.8. The highest BCUT2D eigenvalue weighted by Gasteiger charge is 2.11. The first-order chi connectivity index (χ1) is 10.7. The third kappa shape index (κ3) is 2.72. The van der Waals surface area contributed by atoms with Crippen LogP contribution in [0.5, 0.6) is 5.75 Å². The fraction of sp³-hybridized carbons (Fsp3) is 0.167. The molecule has 0 radical (unpaired) electrons. The van der Waals surface area contributed by atoms with Crippen molar-refractivity contribution in [3.8, 4) is 5.75 Å². The van der Waals surface area contributed by atoms with Gasteiger partial charge in [-0.2, -0.15) is 0 Å². The zero-order valence-corrected chi connectivity index (χ0v) is 12.5. The van der Waals surface area contributed by atoms with Crippen LogP contribution in [0.3, 0.4) is 0 Å². The molecule has 2 aromatic carbocycles. The average molecular weight is 296 g/mol. The minimum absolute atomic E-state index is 0.0359. The van der Waals surface area contributed by atoms with Gasteiger partial charge in [-0.05, 0) is 48.9 Å². The van der Waals surface area contributed by atoms with Crippen LogP contribution in [0, 0.1) is 5.82 Å². The van der Waals surface area contributed by atoms with Crippen molar-refractivity contribution in [2.75, 3.05) is 12.4 Å². The molecule has 22 heavy (non-hydrogen) atoms. The highest BCUT2D eigenvalue weighted by Crippen LogP contribution is 2.27. The van der Waals surface area contributed by atoms with E-state index in [2.05, 4.69) is 10.3 Å². The minimum Gasteiger partial charge on any atom is -0.494 e. The summed E-state index contributed by atoms with van der Waals surface area (Å²) in [6.45, 7) is 2.00. The van der Waals surface area contributed by atoms with Crippen LogP contribution in [-0.4, -0.2) is 12.1 Å². The van der Waals surface area contributed by atoms with Crippen LogP contribution in [0.2, 0.25) is 0 Å². The molecule has 0 saturated carbocycles. The number of pyridine rings is 1. The van der Waals surface area contributed by atoms with Gasteiger partial charge < -0.3 is 10.1 Å². The average Bonchev–Trinajstić information content (AvgIpc) is 2.55. The summed E-state index contributed by atoms with van der Waals surface area (Å²) in [6.07, 6.45) is 1.77. The van der Waals surface area contributed by atoms with E-state index in [1.165, 1.54) is 13.2 Å². The highest BCUT2D eigenvalue weighted by atomic mass is 19.1. The molecule has 0 aliphatic carbocycles. The number of rotatable bonds is 4. The Morgan fingerprint density at radius 1 is 1.14 bits per heavy atom. The summed E-state index contributed by atoms with van der Waals surface area (Å²) in [5.41, 5.74) is 2.77. The van der Waals surface area contributed by atoms with Crippen molar-refractivity contribution >= 4 is 16.6 Å². The minimum atomic E-state index is -0.353. The van der Waals surface area contributed by atoms with Crippen molar-refractivity contribution in [3.63, 3.8) is 0 Å². The first-order valence-corrected chi connectivity index (χ1v) is 7.13. The fourth-order valence-electron chi connectivity index (χ4n) is 2.50. The standard InChI is InChI=1S/C18H17FN2O/c1-12(13-8-9-18(22-2)15(19)11-13)21-17-7-3-6-16-14(17)5-4-10-20-16/h3-12,21H,1-2H3. The number of halogens is 1. The van der Waals surface area contributed by atoms with Crippen molar-refractivity contribution in [3.05, 3.63) is 66.1 Å². The van der Waals surface area contributed by atoms with E-state index in [4.69, 9.17) is 4.74 Å². The largest absolute Gasteiger partial charge is 0.494 e. The summed E-state index contributed by atoms with van der Waals surface area (Å²) >= 11 is 0. The number of ether oxygens (including phenoxy) is 1. The third-order valence-corrected chi connectivity index (χ3v) is 3.69. The summed E-state index contributed by atoms with van der Waals surface area (Å²) in [7, 11) is 1.46. The Morgan fingerprint density at radius 3 is 2.77 bits per heavy atom. The van der Waals surface area contributed by atoms with Gasteiger partial charge in [0, 0.05) is 23.3 Å². The number of aromatic nitrogens is 1. The van der Waals surface area contributed by atoms with E-state index in [1.807, 2.05) is 43.3 Å². The van der Waals surface area contributed by atoms with Gasteiger partial charge >= 0.3 is 0 Å². The molecule has 0 spiro atoms. The first kappa shape index (κ1) is 14.3. The summed E-state index contributed by atoms with van der Waals surface area (Å²) in [4.78, 5) is 4.34. The molecule has 4 heteroatoms. The summed E-state index contributed by atoms with van der Waals surface area (Å²) in [5.74, 6) is -0.0986. The molecule has 3 rings (SSSR count). The Morgan fingerprint density at radius 2 is 2.00 bits per heavy atom.